The van der Waals surface area contributed by atoms with E-state index in [1.165, 1.54) is 16.8 Å². The zero-order chi connectivity index (χ0) is 13.9. The number of hydrogen-bond donors (Lipinski definition) is 3. The molecule has 0 spiro atoms. The van der Waals surface area contributed by atoms with Gasteiger partial charge in [0.15, 0.2) is 0 Å². The van der Waals surface area contributed by atoms with Gasteiger partial charge < -0.3 is 16.0 Å². The third-order valence-corrected chi connectivity index (χ3v) is 3.86. The second-order valence-corrected chi connectivity index (χ2v) is 5.97. The number of aryl methyl sites for hydroxylation is 1. The molecule has 7 nitrogen and oxygen atoms in total. The second-order valence-electron chi connectivity index (χ2n) is 4.20. The van der Waals surface area contributed by atoms with Crippen LogP contribution in [-0.2, 0) is 17.1 Å². The van der Waals surface area contributed by atoms with E-state index in [1.54, 1.807) is 14.0 Å². The fraction of sp³-hybridized carbons (Fsp3) is 0.500. The van der Waals surface area contributed by atoms with Crippen molar-refractivity contribution in [2.24, 2.45) is 18.5 Å². The van der Waals surface area contributed by atoms with E-state index in [1.807, 2.05) is 0 Å². The Morgan fingerprint density at radius 2 is 2.17 bits per heavy atom. The van der Waals surface area contributed by atoms with Gasteiger partial charge in [-0.05, 0) is 19.4 Å². The third kappa shape index (κ3) is 3.56. The Balaban J connectivity index is 2.85. The molecule has 0 bridgehead atoms. The lowest BCUT2D eigenvalue weighted by Crippen LogP contribution is -2.28. The summed E-state index contributed by atoms with van der Waals surface area (Å²) in [6, 6.07) is 1.17. The molecule has 0 saturated heterocycles. The smallest absolute Gasteiger partial charge is 0.265 e. The molecule has 18 heavy (non-hydrogen) atoms. The fourth-order valence-electron chi connectivity index (χ4n) is 1.43. The van der Waals surface area contributed by atoms with Crippen LogP contribution in [0.1, 0.15) is 23.8 Å². The highest BCUT2D eigenvalue weighted by Crippen LogP contribution is 2.12. The van der Waals surface area contributed by atoms with E-state index in [4.69, 9.17) is 11.5 Å². The number of amides is 1. The second kappa shape index (κ2) is 5.51. The van der Waals surface area contributed by atoms with E-state index < -0.39 is 15.9 Å². The first-order chi connectivity index (χ1) is 8.24. The number of sulfonamides is 1. The first kappa shape index (κ1) is 14.7. The fourth-order valence-corrected chi connectivity index (χ4v) is 2.55. The Labute approximate surface area is 106 Å². The highest BCUT2D eigenvalue weighted by atomic mass is 32.2. The average molecular weight is 274 g/mol. The highest BCUT2D eigenvalue weighted by molar-refractivity contribution is 7.89. The zero-order valence-corrected chi connectivity index (χ0v) is 11.2. The molecule has 1 unspecified atom stereocenters. The number of aromatic nitrogens is 1. The van der Waals surface area contributed by atoms with Crippen LogP contribution in [0.15, 0.2) is 17.2 Å². The Hall–Kier alpha value is -1.38. The molecule has 0 aliphatic rings. The monoisotopic (exact) mass is 274 g/mol. The minimum atomic E-state index is -3.63. The Morgan fingerprint density at radius 3 is 2.61 bits per heavy atom. The van der Waals surface area contributed by atoms with Gasteiger partial charge in [-0.3, -0.25) is 4.79 Å². The molecule has 1 heterocycles. The molecule has 1 rings (SSSR count). The normalized spacial score (nSPS) is 13.5. The van der Waals surface area contributed by atoms with Crippen molar-refractivity contribution in [3.63, 3.8) is 0 Å². The lowest BCUT2D eigenvalue weighted by atomic mass is 10.3. The molecular weight excluding hydrogens is 256 g/mol. The molecule has 0 aromatic carbocycles. The van der Waals surface area contributed by atoms with Crippen molar-refractivity contribution in [1.29, 1.82) is 0 Å². The van der Waals surface area contributed by atoms with Crippen LogP contribution < -0.4 is 16.2 Å². The number of carbonyl (C=O) groups is 1. The van der Waals surface area contributed by atoms with Crippen LogP contribution in [0.3, 0.4) is 0 Å². The Morgan fingerprint density at radius 1 is 1.56 bits per heavy atom. The maximum Gasteiger partial charge on any atom is 0.265 e. The van der Waals surface area contributed by atoms with E-state index in [-0.39, 0.29) is 23.2 Å². The molecule has 1 aromatic rings. The molecule has 102 valence electrons. The number of hydrogen-bond acceptors (Lipinski definition) is 4. The molecule has 1 atom stereocenters. The van der Waals surface area contributed by atoms with Crippen molar-refractivity contribution in [3.8, 4) is 0 Å². The average Bonchev–Trinajstić information content (AvgIpc) is 2.60. The molecule has 1 aromatic heterocycles. The predicted molar refractivity (Wildman–Crippen MR) is 67.4 cm³/mol. The van der Waals surface area contributed by atoms with Crippen LogP contribution in [0.5, 0.6) is 0 Å². The van der Waals surface area contributed by atoms with E-state index in [9.17, 15) is 13.2 Å². The quantitative estimate of drug-likeness (QED) is 0.625. The summed E-state index contributed by atoms with van der Waals surface area (Å²) in [6.45, 7) is 2.04. The number of nitrogens with two attached hydrogens (primary N) is 2. The first-order valence-corrected chi connectivity index (χ1v) is 6.94. The highest BCUT2D eigenvalue weighted by Gasteiger charge is 2.18. The summed E-state index contributed by atoms with van der Waals surface area (Å²) in [4.78, 5) is 11.1. The van der Waals surface area contributed by atoms with Crippen LogP contribution in [0.2, 0.25) is 0 Å². The molecule has 1 amide bonds. The maximum atomic E-state index is 11.9. The summed E-state index contributed by atoms with van der Waals surface area (Å²) >= 11 is 0. The van der Waals surface area contributed by atoms with Gasteiger partial charge in [-0.15, -0.1) is 0 Å². The summed E-state index contributed by atoms with van der Waals surface area (Å²) in [6.07, 6.45) is 1.88. The van der Waals surface area contributed by atoms with Crippen LogP contribution in [0, 0.1) is 0 Å². The maximum absolute atomic E-state index is 11.9. The molecule has 0 aliphatic heterocycles. The minimum Gasteiger partial charge on any atom is -0.364 e. The van der Waals surface area contributed by atoms with Gasteiger partial charge >= 0.3 is 0 Å². The van der Waals surface area contributed by atoms with Crippen LogP contribution in [0.4, 0.5) is 0 Å². The van der Waals surface area contributed by atoms with Crippen LogP contribution in [0.25, 0.3) is 0 Å². The van der Waals surface area contributed by atoms with E-state index in [0.29, 0.717) is 6.42 Å². The summed E-state index contributed by atoms with van der Waals surface area (Å²) < 4.78 is 27.6. The molecule has 0 saturated carbocycles. The van der Waals surface area contributed by atoms with Crippen molar-refractivity contribution in [2.75, 3.05) is 6.54 Å². The standard InChI is InChI=1S/C10H18N4O3S/c1-7(11)3-4-13-18(16,17)8-5-9(10(12)15)14(2)6-8/h5-7,13H,3-4,11H2,1-2H3,(H2,12,15). The van der Waals surface area contributed by atoms with Gasteiger partial charge in [0.1, 0.15) is 10.6 Å². The van der Waals surface area contributed by atoms with Gasteiger partial charge in [0.25, 0.3) is 5.91 Å². The number of rotatable bonds is 6. The van der Waals surface area contributed by atoms with Crippen molar-refractivity contribution < 1.29 is 13.2 Å². The van der Waals surface area contributed by atoms with E-state index >= 15 is 0 Å². The summed E-state index contributed by atoms with van der Waals surface area (Å²) in [7, 11) is -2.07. The topological polar surface area (TPSA) is 120 Å². The van der Waals surface area contributed by atoms with Gasteiger partial charge in [0.2, 0.25) is 10.0 Å². The van der Waals surface area contributed by atoms with Crippen molar-refractivity contribution in [1.82, 2.24) is 9.29 Å². The Kier molecular flexibility index (Phi) is 4.49. The SMILES string of the molecule is CC(N)CCNS(=O)(=O)c1cc(C(N)=O)n(C)c1. The van der Waals surface area contributed by atoms with Crippen molar-refractivity contribution >= 4 is 15.9 Å². The van der Waals surface area contributed by atoms with Gasteiger partial charge in [0.05, 0.1) is 0 Å². The molecule has 0 fully saturated rings. The van der Waals surface area contributed by atoms with Crippen LogP contribution in [-0.4, -0.2) is 31.5 Å². The predicted octanol–water partition coefficient (Wildman–Crippen LogP) is -0.860. The van der Waals surface area contributed by atoms with Gasteiger partial charge in [0, 0.05) is 25.8 Å². The van der Waals surface area contributed by atoms with E-state index in [2.05, 4.69) is 4.72 Å². The van der Waals surface area contributed by atoms with Crippen molar-refractivity contribution in [3.05, 3.63) is 18.0 Å². The van der Waals surface area contributed by atoms with Crippen LogP contribution >= 0.6 is 0 Å². The van der Waals surface area contributed by atoms with Gasteiger partial charge in [-0.1, -0.05) is 0 Å². The van der Waals surface area contributed by atoms with Gasteiger partial charge in [-0.2, -0.15) is 0 Å². The number of carbonyl (C=O) groups excluding carboxylic acids is 1. The number of nitrogens with one attached hydrogen (secondary N) is 1. The Bertz CT molecular complexity index is 533. The molecule has 0 radical (unpaired) electrons. The minimum absolute atomic E-state index is 0.0171. The lowest BCUT2D eigenvalue weighted by molar-refractivity contribution is 0.0992. The number of nitrogens with zero attached hydrogens (tertiary/aromatic N) is 1. The zero-order valence-electron chi connectivity index (χ0n) is 10.4. The van der Waals surface area contributed by atoms with Gasteiger partial charge in [-0.25, -0.2) is 13.1 Å². The third-order valence-electron chi connectivity index (χ3n) is 2.43. The lowest BCUT2D eigenvalue weighted by Gasteiger charge is -2.06. The first-order valence-electron chi connectivity index (χ1n) is 5.45. The largest absolute Gasteiger partial charge is 0.364 e. The number of primary amides is 1. The summed E-state index contributed by atoms with van der Waals surface area (Å²) in [5.41, 5.74) is 10.8. The molecule has 8 heteroatoms. The molecule has 5 N–H and O–H groups in total. The molecule has 0 aliphatic carbocycles. The summed E-state index contributed by atoms with van der Waals surface area (Å²) in [5, 5.41) is 0. The van der Waals surface area contributed by atoms with E-state index in [0.717, 1.165) is 0 Å². The van der Waals surface area contributed by atoms with Crippen molar-refractivity contribution in [2.45, 2.75) is 24.3 Å². The molecular formula is C10H18N4O3S. The summed E-state index contributed by atoms with van der Waals surface area (Å²) in [5.74, 6) is -0.672.